The summed E-state index contributed by atoms with van der Waals surface area (Å²) in [7, 11) is 3.18. The molecular formula is C6H15N3Si3. The molecule has 0 N–H and O–H groups in total. The summed E-state index contributed by atoms with van der Waals surface area (Å²) >= 11 is 0. The Morgan fingerprint density at radius 2 is 1.33 bits per heavy atom. The summed E-state index contributed by atoms with van der Waals surface area (Å²) in [6, 6.07) is 0. The highest BCUT2D eigenvalue weighted by atomic mass is 29.5. The van der Waals surface area contributed by atoms with Crippen LogP contribution >= 0.6 is 0 Å². The van der Waals surface area contributed by atoms with Crippen LogP contribution in [0, 0.1) is 0 Å². The van der Waals surface area contributed by atoms with Crippen LogP contribution in [0.2, 0.25) is 0 Å². The van der Waals surface area contributed by atoms with Gasteiger partial charge in [-0.3, -0.25) is 9.35 Å². The highest BCUT2D eigenvalue weighted by Gasteiger charge is 2.24. The fraction of sp³-hybridized carbons (Fsp3) is 1.00. The molecule has 3 nitrogen and oxygen atoms in total. The fourth-order valence-corrected chi connectivity index (χ4v) is 8.01. The minimum atomic E-state index is 1.03. The van der Waals surface area contributed by atoms with E-state index >= 15 is 0 Å². The van der Waals surface area contributed by atoms with Crippen LogP contribution in [-0.2, 0) is 0 Å². The monoisotopic (exact) mass is 213 g/mol. The van der Waals surface area contributed by atoms with Crippen molar-refractivity contribution in [3.05, 3.63) is 0 Å². The van der Waals surface area contributed by atoms with Gasteiger partial charge in [0, 0.05) is 19.6 Å². The van der Waals surface area contributed by atoms with Gasteiger partial charge in [-0.15, -0.1) is 0 Å². The Balaban J connectivity index is 2.52. The highest BCUT2D eigenvalue weighted by Crippen LogP contribution is 2.04. The molecule has 1 rings (SSSR count). The molecule has 0 spiro atoms. The lowest BCUT2D eigenvalue weighted by Crippen LogP contribution is -2.63. The van der Waals surface area contributed by atoms with Crippen molar-refractivity contribution in [2.45, 2.75) is 20.8 Å². The maximum atomic E-state index is 2.47. The second-order valence-electron chi connectivity index (χ2n) is 2.47. The smallest absolute Gasteiger partial charge is 0.142 e. The summed E-state index contributed by atoms with van der Waals surface area (Å²) in [6.07, 6.45) is 0. The van der Waals surface area contributed by atoms with Crippen molar-refractivity contribution < 1.29 is 0 Å². The van der Waals surface area contributed by atoms with Crippen LogP contribution in [0.25, 0.3) is 0 Å². The first-order valence-corrected chi connectivity index (χ1v) is 9.31. The Labute approximate surface area is 82.2 Å². The Hall–Kier alpha value is 0.531. The molecule has 0 unspecified atom stereocenters. The second kappa shape index (κ2) is 5.30. The maximum absolute atomic E-state index is 2.47. The van der Waals surface area contributed by atoms with Gasteiger partial charge in [-0.1, -0.05) is 13.8 Å². The quantitative estimate of drug-likeness (QED) is 0.589. The lowest BCUT2D eigenvalue weighted by molar-refractivity contribution is -0.0773. The van der Waals surface area contributed by atoms with Gasteiger partial charge in [0.25, 0.3) is 0 Å². The van der Waals surface area contributed by atoms with E-state index in [1.54, 1.807) is 0 Å². The van der Waals surface area contributed by atoms with Gasteiger partial charge in [-0.25, -0.2) is 0 Å². The fourth-order valence-electron chi connectivity index (χ4n) is 1.23. The van der Waals surface area contributed by atoms with E-state index in [-0.39, 0.29) is 0 Å². The van der Waals surface area contributed by atoms with E-state index in [1.807, 2.05) is 0 Å². The van der Waals surface area contributed by atoms with Crippen LogP contribution in [0.5, 0.6) is 0 Å². The van der Waals surface area contributed by atoms with Gasteiger partial charge in [0.15, 0.2) is 0 Å². The summed E-state index contributed by atoms with van der Waals surface area (Å²) < 4.78 is 4.94. The van der Waals surface area contributed by atoms with Gasteiger partial charge in [0.1, 0.15) is 18.4 Å². The van der Waals surface area contributed by atoms with Crippen molar-refractivity contribution in [1.82, 2.24) is 14.5 Å². The van der Waals surface area contributed by atoms with Crippen LogP contribution in [0.4, 0.5) is 0 Å². The molecule has 0 amide bonds. The van der Waals surface area contributed by atoms with Crippen LogP contribution in [-0.4, -0.2) is 61.1 Å². The van der Waals surface area contributed by atoms with Gasteiger partial charge in [0.05, 0.1) is 8.55 Å². The normalized spacial score (nSPS) is 23.2. The third-order valence-corrected chi connectivity index (χ3v) is 7.88. The lowest BCUT2D eigenvalue weighted by Gasteiger charge is -2.44. The van der Waals surface area contributed by atoms with Crippen molar-refractivity contribution in [3.63, 3.8) is 0 Å². The molecule has 1 saturated heterocycles. The standard InChI is InChI=1S/C6H15N3Si3/c1-4-7-8(5-2)10-12-11-9(7)6-3/h4-6H2,1-3H3. The van der Waals surface area contributed by atoms with Gasteiger partial charge in [-0.2, -0.15) is 5.12 Å². The Morgan fingerprint density at radius 1 is 0.833 bits per heavy atom. The summed E-state index contributed by atoms with van der Waals surface area (Å²) in [5, 5.41) is 2.41. The zero-order valence-electron chi connectivity index (χ0n) is 7.96. The summed E-state index contributed by atoms with van der Waals surface area (Å²) in [4.78, 5) is 0. The van der Waals surface area contributed by atoms with E-state index in [1.165, 1.54) is 0 Å². The Morgan fingerprint density at radius 3 is 1.67 bits per heavy atom. The molecule has 1 aliphatic heterocycles. The van der Waals surface area contributed by atoms with Crippen LogP contribution in [0.15, 0.2) is 0 Å². The molecule has 1 heterocycles. The highest BCUT2D eigenvalue weighted by molar-refractivity contribution is 7.28. The maximum Gasteiger partial charge on any atom is 0.142 e. The van der Waals surface area contributed by atoms with E-state index in [0.717, 1.165) is 46.6 Å². The molecule has 0 saturated carbocycles. The van der Waals surface area contributed by atoms with E-state index in [4.69, 9.17) is 0 Å². The molecule has 12 heavy (non-hydrogen) atoms. The predicted molar refractivity (Wildman–Crippen MR) is 54.4 cm³/mol. The molecule has 0 aromatic rings. The number of nitrogens with zero attached hydrogens (tertiary/aromatic N) is 3. The zero-order chi connectivity index (χ0) is 8.97. The molecule has 0 aliphatic carbocycles. The molecule has 0 aromatic heterocycles. The third-order valence-electron chi connectivity index (χ3n) is 1.81. The predicted octanol–water partition coefficient (Wildman–Crippen LogP) is -0.432. The minimum Gasteiger partial charge on any atom is -0.258 e. The number of hydrazine groups is 2. The number of hydrogen-bond acceptors (Lipinski definition) is 3. The van der Waals surface area contributed by atoms with E-state index in [0.29, 0.717) is 0 Å². The minimum absolute atomic E-state index is 1.03. The molecule has 0 atom stereocenters. The van der Waals surface area contributed by atoms with Gasteiger partial charge in [-0.05, 0) is 6.92 Å². The SMILES string of the molecule is CCN1[Si][Si][Si]N(CC)N1CC. The molecule has 6 heteroatoms. The molecule has 66 valence electrons. The summed E-state index contributed by atoms with van der Waals surface area (Å²) in [5.41, 5.74) is 0. The van der Waals surface area contributed by atoms with Crippen molar-refractivity contribution in [2.24, 2.45) is 0 Å². The average Bonchev–Trinajstić information content (AvgIpc) is 2.16. The Kier molecular flexibility index (Phi) is 4.69. The second-order valence-corrected chi connectivity index (χ2v) is 8.54. The van der Waals surface area contributed by atoms with Crippen molar-refractivity contribution in [2.75, 3.05) is 19.6 Å². The molecule has 0 bridgehead atoms. The van der Waals surface area contributed by atoms with Crippen LogP contribution in [0.1, 0.15) is 20.8 Å². The summed E-state index contributed by atoms with van der Waals surface area (Å²) in [5.74, 6) is 0. The number of rotatable bonds is 3. The van der Waals surface area contributed by atoms with Crippen molar-refractivity contribution in [3.8, 4) is 0 Å². The Bertz CT molecular complexity index is 123. The van der Waals surface area contributed by atoms with E-state index in [9.17, 15) is 0 Å². The largest absolute Gasteiger partial charge is 0.258 e. The molecule has 6 radical (unpaired) electrons. The van der Waals surface area contributed by atoms with Gasteiger partial charge < -0.3 is 0 Å². The summed E-state index contributed by atoms with van der Waals surface area (Å²) in [6.45, 7) is 10.1. The van der Waals surface area contributed by atoms with Crippen LogP contribution < -0.4 is 0 Å². The third kappa shape index (κ3) is 2.27. The molecule has 1 fully saturated rings. The molecule has 1 aliphatic rings. The number of hydrogen-bond donors (Lipinski definition) is 0. The van der Waals surface area contributed by atoms with Crippen molar-refractivity contribution >= 4 is 27.0 Å². The first-order chi connectivity index (χ1) is 5.83. The first kappa shape index (κ1) is 10.6. The van der Waals surface area contributed by atoms with Gasteiger partial charge in [0.2, 0.25) is 0 Å². The van der Waals surface area contributed by atoms with E-state index in [2.05, 4.69) is 35.2 Å². The van der Waals surface area contributed by atoms with E-state index < -0.39 is 0 Å². The van der Waals surface area contributed by atoms with Gasteiger partial charge >= 0.3 is 0 Å². The topological polar surface area (TPSA) is 9.72 Å². The molecule has 0 aromatic carbocycles. The zero-order valence-corrected chi connectivity index (χ0v) is 11.0. The average molecular weight is 213 g/mol. The van der Waals surface area contributed by atoms with Crippen LogP contribution in [0.3, 0.4) is 0 Å². The lowest BCUT2D eigenvalue weighted by atomic mass is 10.7. The van der Waals surface area contributed by atoms with Crippen molar-refractivity contribution in [1.29, 1.82) is 0 Å². The first-order valence-electron chi connectivity index (χ1n) is 4.42. The molecular weight excluding hydrogens is 198 g/mol.